The number of carbonyl (C=O) groups excluding carboxylic acids is 2. The quantitative estimate of drug-likeness (QED) is 0.0508. The molecule has 1 aliphatic heterocycles. The van der Waals surface area contributed by atoms with E-state index in [9.17, 15) is 35.1 Å². The lowest BCUT2D eigenvalue weighted by Crippen LogP contribution is -2.60. The summed E-state index contributed by atoms with van der Waals surface area (Å²) in [7, 11) is 0. The number of hydrogen-bond donors (Lipinski definition) is 7. The van der Waals surface area contributed by atoms with Crippen molar-refractivity contribution in [1.29, 1.82) is 0 Å². The van der Waals surface area contributed by atoms with Crippen molar-refractivity contribution >= 4 is 11.9 Å². The van der Waals surface area contributed by atoms with Crippen LogP contribution in [0.5, 0.6) is 0 Å². The second-order valence-corrected chi connectivity index (χ2v) is 14.1. The Morgan fingerprint density at radius 2 is 1.20 bits per heavy atom. The number of amides is 1. The average Bonchev–Trinajstić information content (AvgIpc) is 3.07. The van der Waals surface area contributed by atoms with Gasteiger partial charge in [-0.05, 0) is 46.5 Å². The van der Waals surface area contributed by atoms with Gasteiger partial charge in [-0.2, -0.15) is 0 Å². The van der Waals surface area contributed by atoms with Crippen LogP contribution in [0, 0.1) is 0 Å². The number of carbonyl (C=O) groups is 2. The van der Waals surface area contributed by atoms with Gasteiger partial charge in [0.05, 0.1) is 31.5 Å². The number of hydrogen-bond acceptors (Lipinski definition) is 11. The number of aliphatic hydroxyl groups excluding tert-OH is 5. The molecule has 9 atom stereocenters. The predicted octanol–water partition coefficient (Wildman–Crippen LogP) is 4.78. The molecule has 0 aromatic carbocycles. The Morgan fingerprint density at radius 3 is 1.67 bits per heavy atom. The lowest BCUT2D eigenvalue weighted by atomic mass is 9.98. The van der Waals surface area contributed by atoms with Crippen LogP contribution in [0.3, 0.4) is 0 Å². The number of ketones is 1. The van der Waals surface area contributed by atoms with Crippen LogP contribution < -0.4 is 11.1 Å². The van der Waals surface area contributed by atoms with Crippen LogP contribution in [0.2, 0.25) is 0 Å². The minimum Gasteiger partial charge on any atom is -0.450 e. The fraction of sp³-hybridized carbons (Fsp3) is 0.946. The molecule has 0 radical (unpaired) electrons. The summed E-state index contributed by atoms with van der Waals surface area (Å²) < 4.78 is 16.2. The SMILES string of the molecule is CCOC(=O)N[C@H](C)[C@H](O)CCCCCCCC(=O)CCCCCCCCCCCCCC[C@@H](O[C@H]1O[C@H](CO)[C@H](O)[C@H](O)[C@H]1O)[C@@H](C)N. The highest BCUT2D eigenvalue weighted by Crippen LogP contribution is 2.25. The van der Waals surface area contributed by atoms with Crippen molar-refractivity contribution in [2.45, 2.75) is 211 Å². The van der Waals surface area contributed by atoms with Gasteiger partial charge in [0.2, 0.25) is 0 Å². The lowest BCUT2D eigenvalue weighted by Gasteiger charge is -2.41. The van der Waals surface area contributed by atoms with Crippen LogP contribution in [0.4, 0.5) is 4.79 Å². The van der Waals surface area contributed by atoms with E-state index in [0.717, 1.165) is 64.2 Å². The summed E-state index contributed by atoms with van der Waals surface area (Å²) in [6, 6.07) is -0.633. The Hall–Kier alpha value is -1.38. The first-order valence-electron chi connectivity index (χ1n) is 19.4. The van der Waals surface area contributed by atoms with Gasteiger partial charge in [-0.15, -0.1) is 0 Å². The molecular weight excluding hydrogens is 632 g/mol. The monoisotopic (exact) mass is 705 g/mol. The summed E-state index contributed by atoms with van der Waals surface area (Å²) in [5, 5.41) is 52.4. The third-order valence-corrected chi connectivity index (χ3v) is 9.59. The van der Waals surface area contributed by atoms with Gasteiger partial charge in [0.25, 0.3) is 0 Å². The zero-order valence-corrected chi connectivity index (χ0v) is 30.8. The van der Waals surface area contributed by atoms with Crippen LogP contribution in [-0.4, -0.2) is 106 Å². The van der Waals surface area contributed by atoms with Crippen molar-refractivity contribution in [3.05, 3.63) is 0 Å². The van der Waals surface area contributed by atoms with E-state index in [4.69, 9.17) is 19.9 Å². The van der Waals surface area contributed by atoms with Crippen molar-refractivity contribution in [3.8, 4) is 0 Å². The van der Waals surface area contributed by atoms with Gasteiger partial charge < -0.3 is 50.8 Å². The van der Waals surface area contributed by atoms with Gasteiger partial charge in [-0.25, -0.2) is 4.79 Å². The minimum absolute atomic E-state index is 0.299. The van der Waals surface area contributed by atoms with Gasteiger partial charge in [0.15, 0.2) is 6.29 Å². The van der Waals surface area contributed by atoms with Gasteiger partial charge in [0, 0.05) is 18.9 Å². The zero-order chi connectivity index (χ0) is 36.4. The molecule has 0 aliphatic carbocycles. The topological polar surface area (TPSA) is 201 Å². The fourth-order valence-corrected chi connectivity index (χ4v) is 6.28. The second kappa shape index (κ2) is 28.2. The summed E-state index contributed by atoms with van der Waals surface area (Å²) in [6.07, 6.45) is 13.6. The van der Waals surface area contributed by atoms with Gasteiger partial charge in [-0.1, -0.05) is 96.3 Å². The molecule has 0 spiro atoms. The molecule has 1 aliphatic rings. The Kier molecular flexibility index (Phi) is 26.3. The van der Waals surface area contributed by atoms with Gasteiger partial charge in [0.1, 0.15) is 30.2 Å². The molecule has 0 aromatic rings. The summed E-state index contributed by atoms with van der Waals surface area (Å²) >= 11 is 0. The highest BCUT2D eigenvalue weighted by atomic mass is 16.7. The standard InChI is InChI=1S/C37H72N2O10/c1-4-47-37(46)39-28(3)30(42)24-20-16-13-15-19-23-29(41)22-18-14-11-9-7-5-6-8-10-12-17-21-25-31(27(2)38)48-36-35(45)34(44)33(43)32(26-40)49-36/h27-28,30-36,40,42-45H,4-26,38H2,1-3H3,(H,39,46)/t27-,28-,30-,31-,32-,33+,34+,35-,36+/m1/s1. The Labute approximate surface area is 295 Å². The highest BCUT2D eigenvalue weighted by Gasteiger charge is 2.45. The number of aliphatic hydroxyl groups is 5. The van der Waals surface area contributed by atoms with E-state index in [0.29, 0.717) is 38.1 Å². The van der Waals surface area contributed by atoms with E-state index in [1.54, 1.807) is 13.8 Å². The first-order chi connectivity index (χ1) is 23.5. The largest absolute Gasteiger partial charge is 0.450 e. The molecule has 0 saturated carbocycles. The molecule has 1 saturated heterocycles. The molecule has 12 heteroatoms. The van der Waals surface area contributed by atoms with Gasteiger partial charge in [-0.3, -0.25) is 4.79 Å². The molecule has 8 N–H and O–H groups in total. The van der Waals surface area contributed by atoms with Crippen LogP contribution in [0.1, 0.15) is 156 Å². The van der Waals surface area contributed by atoms with Crippen LogP contribution in [-0.2, 0) is 19.0 Å². The number of alkyl carbamates (subject to hydrolysis) is 1. The van der Waals surface area contributed by atoms with E-state index in [1.165, 1.54) is 44.9 Å². The molecule has 1 fully saturated rings. The molecule has 12 nitrogen and oxygen atoms in total. The summed E-state index contributed by atoms with van der Waals surface area (Å²) in [6.45, 7) is 5.17. The van der Waals surface area contributed by atoms with E-state index in [-0.39, 0.29) is 18.2 Å². The third-order valence-electron chi connectivity index (χ3n) is 9.59. The summed E-state index contributed by atoms with van der Waals surface area (Å²) in [5.41, 5.74) is 6.10. The molecular formula is C37H72N2O10. The molecule has 0 aromatic heterocycles. The number of ether oxygens (including phenoxy) is 3. The second-order valence-electron chi connectivity index (χ2n) is 14.1. The highest BCUT2D eigenvalue weighted by molar-refractivity contribution is 5.78. The van der Waals surface area contributed by atoms with E-state index in [2.05, 4.69) is 5.32 Å². The molecule has 49 heavy (non-hydrogen) atoms. The van der Waals surface area contributed by atoms with E-state index >= 15 is 0 Å². The minimum atomic E-state index is -1.46. The maximum absolute atomic E-state index is 12.2. The molecule has 1 rings (SSSR count). The molecule has 290 valence electrons. The fourth-order valence-electron chi connectivity index (χ4n) is 6.28. The lowest BCUT2D eigenvalue weighted by molar-refractivity contribution is -0.312. The van der Waals surface area contributed by atoms with Crippen molar-refractivity contribution in [2.24, 2.45) is 5.73 Å². The smallest absolute Gasteiger partial charge is 0.407 e. The number of nitrogens with one attached hydrogen (secondary N) is 1. The first kappa shape index (κ1) is 45.6. The van der Waals surface area contributed by atoms with Crippen molar-refractivity contribution in [3.63, 3.8) is 0 Å². The van der Waals surface area contributed by atoms with Crippen LogP contribution in [0.25, 0.3) is 0 Å². The summed E-state index contributed by atoms with van der Waals surface area (Å²) in [5.74, 6) is 0.378. The maximum Gasteiger partial charge on any atom is 0.407 e. The number of Topliss-reactive ketones (excluding diaryl/α,β-unsaturated/α-hetero) is 1. The Balaban J connectivity index is 1.93. The number of unbranched alkanes of at least 4 members (excludes halogenated alkanes) is 15. The third kappa shape index (κ3) is 20.9. The van der Waals surface area contributed by atoms with Crippen molar-refractivity contribution in [1.82, 2.24) is 5.32 Å². The Morgan fingerprint density at radius 1 is 0.735 bits per heavy atom. The average molecular weight is 705 g/mol. The zero-order valence-electron chi connectivity index (χ0n) is 30.8. The van der Waals surface area contributed by atoms with E-state index < -0.39 is 49.5 Å². The normalized spacial score (nSPS) is 23.5. The molecule has 1 amide bonds. The first-order valence-corrected chi connectivity index (χ1v) is 19.4. The molecule has 0 unspecified atom stereocenters. The number of rotatable bonds is 30. The summed E-state index contributed by atoms with van der Waals surface area (Å²) in [4.78, 5) is 23.6. The Bertz CT molecular complexity index is 833. The van der Waals surface area contributed by atoms with Gasteiger partial charge >= 0.3 is 6.09 Å². The van der Waals surface area contributed by atoms with Crippen LogP contribution in [0.15, 0.2) is 0 Å². The predicted molar refractivity (Wildman–Crippen MR) is 190 cm³/mol. The van der Waals surface area contributed by atoms with Crippen molar-refractivity contribution in [2.75, 3.05) is 13.2 Å². The van der Waals surface area contributed by atoms with E-state index in [1.807, 2.05) is 6.92 Å². The molecule has 0 bridgehead atoms. The maximum atomic E-state index is 12.2. The van der Waals surface area contributed by atoms with Crippen LogP contribution >= 0.6 is 0 Å². The van der Waals surface area contributed by atoms with Crippen molar-refractivity contribution < 1.29 is 49.3 Å². The molecule has 1 heterocycles. The number of nitrogens with two attached hydrogens (primary N) is 1.